The molecule has 0 saturated carbocycles. The van der Waals surface area contributed by atoms with Gasteiger partial charge in [-0.3, -0.25) is 4.79 Å². The maximum Gasteiger partial charge on any atom is 0.217 e. The molecule has 3 nitrogen and oxygen atoms in total. The number of carbonyl (C=O) groups excluding carboxylic acids is 1. The van der Waals surface area contributed by atoms with Crippen LogP contribution in [0.15, 0.2) is 0 Å². The van der Waals surface area contributed by atoms with Gasteiger partial charge in [-0.25, -0.2) is 0 Å². The molecule has 0 aromatic carbocycles. The van der Waals surface area contributed by atoms with Crippen LogP contribution in [0, 0.1) is 5.92 Å². The highest BCUT2D eigenvalue weighted by Gasteiger charge is 2.04. The molecule has 0 aliphatic carbocycles. The molecule has 1 atom stereocenters. The number of nitrogens with one attached hydrogen (secondary N) is 1. The first kappa shape index (κ1) is 14.4. The van der Waals surface area contributed by atoms with Gasteiger partial charge in [0.05, 0.1) is 0 Å². The van der Waals surface area contributed by atoms with Crippen molar-refractivity contribution in [3.63, 3.8) is 0 Å². The average Bonchev–Trinajstić information content (AvgIpc) is 2.21. The quantitative estimate of drug-likeness (QED) is 0.547. The molecule has 0 fully saturated rings. The van der Waals surface area contributed by atoms with Crippen LogP contribution < -0.4 is 11.1 Å². The predicted molar refractivity (Wildman–Crippen MR) is 64.6 cm³/mol. The van der Waals surface area contributed by atoms with Gasteiger partial charge in [-0.05, 0) is 31.8 Å². The van der Waals surface area contributed by atoms with Crippen molar-refractivity contribution in [1.82, 2.24) is 5.32 Å². The van der Waals surface area contributed by atoms with Crippen molar-refractivity contribution >= 4 is 5.91 Å². The van der Waals surface area contributed by atoms with Crippen LogP contribution in [0.5, 0.6) is 0 Å². The number of hydrogen-bond acceptors (Lipinski definition) is 2. The molecule has 0 aliphatic rings. The maximum absolute atomic E-state index is 10.5. The molecule has 1 unspecified atom stereocenters. The zero-order valence-corrected chi connectivity index (χ0v) is 10.2. The van der Waals surface area contributed by atoms with Gasteiger partial charge in [0, 0.05) is 6.42 Å². The molecule has 15 heavy (non-hydrogen) atoms. The van der Waals surface area contributed by atoms with Crippen LogP contribution >= 0.6 is 0 Å². The summed E-state index contributed by atoms with van der Waals surface area (Å²) < 4.78 is 0. The van der Waals surface area contributed by atoms with E-state index in [9.17, 15) is 4.79 Å². The van der Waals surface area contributed by atoms with Gasteiger partial charge in [-0.1, -0.05) is 33.1 Å². The van der Waals surface area contributed by atoms with E-state index in [-0.39, 0.29) is 5.91 Å². The molecule has 0 aromatic rings. The number of nitrogens with two attached hydrogens (primary N) is 1. The summed E-state index contributed by atoms with van der Waals surface area (Å²) in [5.74, 6) is 0.591. The first-order chi connectivity index (χ1) is 7.20. The maximum atomic E-state index is 10.5. The van der Waals surface area contributed by atoms with E-state index in [0.717, 1.165) is 25.4 Å². The number of primary amides is 1. The van der Waals surface area contributed by atoms with Crippen LogP contribution in [0.4, 0.5) is 0 Å². The summed E-state index contributed by atoms with van der Waals surface area (Å²) in [6.07, 6.45) is 6.51. The van der Waals surface area contributed by atoms with Gasteiger partial charge < -0.3 is 11.1 Å². The highest BCUT2D eigenvalue weighted by atomic mass is 16.1. The first-order valence-corrected chi connectivity index (χ1v) is 6.19. The molecule has 0 aliphatic heterocycles. The summed E-state index contributed by atoms with van der Waals surface area (Å²) in [7, 11) is 0. The average molecular weight is 214 g/mol. The monoisotopic (exact) mass is 214 g/mol. The molecular formula is C12H26N2O. The number of rotatable bonds is 10. The van der Waals surface area contributed by atoms with E-state index in [1.807, 2.05) is 0 Å². The van der Waals surface area contributed by atoms with E-state index in [1.54, 1.807) is 0 Å². The SMILES string of the molecule is CCCCC(CC)CNCCCC(N)=O. The lowest BCUT2D eigenvalue weighted by molar-refractivity contribution is -0.118. The molecule has 0 aromatic heterocycles. The van der Waals surface area contributed by atoms with Crippen molar-refractivity contribution in [1.29, 1.82) is 0 Å². The summed E-state index contributed by atoms with van der Waals surface area (Å²) in [4.78, 5) is 10.5. The van der Waals surface area contributed by atoms with E-state index in [0.29, 0.717) is 6.42 Å². The summed E-state index contributed by atoms with van der Waals surface area (Å²) in [5, 5.41) is 3.39. The molecule has 3 N–H and O–H groups in total. The van der Waals surface area contributed by atoms with Gasteiger partial charge in [0.25, 0.3) is 0 Å². The summed E-state index contributed by atoms with van der Waals surface area (Å²) in [6.45, 7) is 6.46. The van der Waals surface area contributed by atoms with Crippen molar-refractivity contribution in [2.45, 2.75) is 52.4 Å². The van der Waals surface area contributed by atoms with E-state index in [4.69, 9.17) is 5.73 Å². The number of carbonyl (C=O) groups is 1. The Kier molecular flexibility index (Phi) is 9.59. The van der Waals surface area contributed by atoms with E-state index < -0.39 is 0 Å². The minimum Gasteiger partial charge on any atom is -0.370 e. The van der Waals surface area contributed by atoms with Gasteiger partial charge in [-0.2, -0.15) is 0 Å². The molecule has 0 heterocycles. The van der Waals surface area contributed by atoms with Gasteiger partial charge in [0.15, 0.2) is 0 Å². The first-order valence-electron chi connectivity index (χ1n) is 6.19. The fraction of sp³-hybridized carbons (Fsp3) is 0.917. The second kappa shape index (κ2) is 9.97. The Morgan fingerprint density at radius 3 is 2.60 bits per heavy atom. The molecule has 0 rings (SSSR count). The predicted octanol–water partition coefficient (Wildman–Crippen LogP) is 2.06. The van der Waals surface area contributed by atoms with Crippen LogP contribution in [0.2, 0.25) is 0 Å². The third-order valence-corrected chi connectivity index (χ3v) is 2.75. The molecule has 0 bridgehead atoms. The Morgan fingerprint density at radius 2 is 2.07 bits per heavy atom. The second-order valence-corrected chi connectivity index (χ2v) is 4.19. The largest absolute Gasteiger partial charge is 0.370 e. The lowest BCUT2D eigenvalue weighted by atomic mass is 9.99. The molecule has 0 spiro atoms. The van der Waals surface area contributed by atoms with E-state index in [2.05, 4.69) is 19.2 Å². The Labute approximate surface area is 93.8 Å². The fourth-order valence-electron chi connectivity index (χ4n) is 1.64. The van der Waals surface area contributed by atoms with Crippen molar-refractivity contribution in [3.05, 3.63) is 0 Å². The van der Waals surface area contributed by atoms with Gasteiger partial charge >= 0.3 is 0 Å². The standard InChI is InChI=1S/C12H26N2O/c1-3-5-7-11(4-2)10-14-9-6-8-12(13)15/h11,14H,3-10H2,1-2H3,(H2,13,15). The van der Waals surface area contributed by atoms with Gasteiger partial charge in [0.1, 0.15) is 0 Å². The minimum atomic E-state index is -0.199. The van der Waals surface area contributed by atoms with Crippen LogP contribution in [0.25, 0.3) is 0 Å². The lowest BCUT2D eigenvalue weighted by Crippen LogP contribution is -2.24. The van der Waals surface area contributed by atoms with Crippen LogP contribution in [0.1, 0.15) is 52.4 Å². The summed E-state index contributed by atoms with van der Waals surface area (Å²) in [5.41, 5.74) is 5.06. The smallest absolute Gasteiger partial charge is 0.217 e. The number of hydrogen-bond donors (Lipinski definition) is 2. The van der Waals surface area contributed by atoms with Crippen molar-refractivity contribution in [3.8, 4) is 0 Å². The zero-order chi connectivity index (χ0) is 11.5. The zero-order valence-electron chi connectivity index (χ0n) is 10.2. The van der Waals surface area contributed by atoms with E-state index >= 15 is 0 Å². The minimum absolute atomic E-state index is 0.199. The molecule has 90 valence electrons. The topological polar surface area (TPSA) is 55.1 Å². The number of unbranched alkanes of at least 4 members (excludes halogenated alkanes) is 1. The lowest BCUT2D eigenvalue weighted by Gasteiger charge is -2.14. The Balaban J connectivity index is 3.33. The van der Waals surface area contributed by atoms with Crippen molar-refractivity contribution in [2.75, 3.05) is 13.1 Å². The third-order valence-electron chi connectivity index (χ3n) is 2.75. The summed E-state index contributed by atoms with van der Waals surface area (Å²) in [6, 6.07) is 0. The molecule has 1 amide bonds. The van der Waals surface area contributed by atoms with Crippen LogP contribution in [0.3, 0.4) is 0 Å². The Bertz CT molecular complexity index is 160. The highest BCUT2D eigenvalue weighted by molar-refractivity contribution is 5.73. The summed E-state index contributed by atoms with van der Waals surface area (Å²) >= 11 is 0. The molecule has 0 radical (unpaired) electrons. The molecule has 3 heteroatoms. The third kappa shape index (κ3) is 9.73. The second-order valence-electron chi connectivity index (χ2n) is 4.19. The highest BCUT2D eigenvalue weighted by Crippen LogP contribution is 2.10. The number of amides is 1. The van der Waals surface area contributed by atoms with Gasteiger partial charge in [0.2, 0.25) is 5.91 Å². The fourth-order valence-corrected chi connectivity index (χ4v) is 1.64. The Hall–Kier alpha value is -0.570. The van der Waals surface area contributed by atoms with Gasteiger partial charge in [-0.15, -0.1) is 0 Å². The van der Waals surface area contributed by atoms with Crippen LogP contribution in [-0.4, -0.2) is 19.0 Å². The van der Waals surface area contributed by atoms with Crippen molar-refractivity contribution in [2.24, 2.45) is 11.7 Å². The van der Waals surface area contributed by atoms with Crippen LogP contribution in [-0.2, 0) is 4.79 Å². The van der Waals surface area contributed by atoms with E-state index in [1.165, 1.54) is 25.7 Å². The molecular weight excluding hydrogens is 188 g/mol. The molecule has 0 saturated heterocycles. The normalized spacial score (nSPS) is 12.7. The van der Waals surface area contributed by atoms with Crippen molar-refractivity contribution < 1.29 is 4.79 Å². The Morgan fingerprint density at radius 1 is 1.33 bits per heavy atom.